The summed E-state index contributed by atoms with van der Waals surface area (Å²) in [6, 6.07) is 4.32. The Kier molecular flexibility index (Phi) is 22.4. The number of carbonyl (C=O) groups excluding carboxylic acids is 1. The summed E-state index contributed by atoms with van der Waals surface area (Å²) in [5.74, 6) is 2.25. The van der Waals surface area contributed by atoms with Gasteiger partial charge in [0.2, 0.25) is 0 Å². The first-order chi connectivity index (χ1) is 21.9. The Labute approximate surface area is 275 Å². The second kappa shape index (κ2) is 25.2. The Bertz CT molecular complexity index is 1050. The number of hydrogen-bond donors (Lipinski definition) is 1. The quantitative estimate of drug-likeness (QED) is 0.234. The van der Waals surface area contributed by atoms with E-state index in [0.717, 1.165) is 58.2 Å². The van der Waals surface area contributed by atoms with Crippen molar-refractivity contribution < 1.29 is 9.18 Å². The second-order valence-electron chi connectivity index (χ2n) is 11.7. The summed E-state index contributed by atoms with van der Waals surface area (Å²) in [5, 5.41) is 2.96. The standard InChI is InChI=1S/C34H51FN4O.C3H4.C2H6/c1-3-32(39-25-15-13-11-9-7-5-4-6-8-10-12-14-16-30(2)28-39)19-24-37-33(40)34(35)20-26-38(27-21-34)29-31-17-22-36-23-18-31;1-3-2;1-2/h5,7,10-14,16-18,22-23,30,32H,3-4,6,8-9,15,19-21,24-29H2,1-2H3,(H,37,40);1H,2H3;1-2H3/b7-5-,12-10-,13-11-,16-14-;;. The highest BCUT2D eigenvalue weighted by molar-refractivity contribution is 5.85. The van der Waals surface area contributed by atoms with E-state index >= 15 is 4.39 Å². The van der Waals surface area contributed by atoms with Crippen LogP contribution in [0.25, 0.3) is 0 Å². The van der Waals surface area contributed by atoms with Crippen molar-refractivity contribution in [3.63, 3.8) is 0 Å². The summed E-state index contributed by atoms with van der Waals surface area (Å²) in [4.78, 5) is 21.8. The molecule has 5 nitrogen and oxygen atoms in total. The second-order valence-corrected chi connectivity index (χ2v) is 11.7. The summed E-state index contributed by atoms with van der Waals surface area (Å²) in [7, 11) is 0. The molecule has 45 heavy (non-hydrogen) atoms. The highest BCUT2D eigenvalue weighted by atomic mass is 19.1. The number of halogens is 1. The molecule has 1 aromatic rings. The summed E-state index contributed by atoms with van der Waals surface area (Å²) in [6.45, 7) is 14.6. The van der Waals surface area contributed by atoms with Gasteiger partial charge in [-0.1, -0.05) is 76.3 Å². The van der Waals surface area contributed by atoms with Gasteiger partial charge in [-0.25, -0.2) is 4.39 Å². The van der Waals surface area contributed by atoms with Crippen LogP contribution >= 0.6 is 0 Å². The first-order valence-electron chi connectivity index (χ1n) is 17.2. The minimum Gasteiger partial charge on any atom is -0.353 e. The molecule has 2 unspecified atom stereocenters. The Hall–Kier alpha value is -3.01. The van der Waals surface area contributed by atoms with Gasteiger partial charge in [0.25, 0.3) is 5.91 Å². The molecule has 1 fully saturated rings. The van der Waals surface area contributed by atoms with Gasteiger partial charge in [-0.15, -0.1) is 12.3 Å². The third-order valence-electron chi connectivity index (χ3n) is 8.10. The molecule has 1 aromatic heterocycles. The van der Waals surface area contributed by atoms with Crippen molar-refractivity contribution in [2.45, 2.75) is 111 Å². The van der Waals surface area contributed by atoms with E-state index in [0.29, 0.717) is 31.6 Å². The summed E-state index contributed by atoms with van der Waals surface area (Å²) in [5.41, 5.74) is -0.608. The number of pyridine rings is 1. The van der Waals surface area contributed by atoms with Crippen LogP contribution in [-0.2, 0) is 11.3 Å². The Morgan fingerprint density at radius 3 is 2.38 bits per heavy atom. The van der Waals surface area contributed by atoms with Crippen LogP contribution in [0.1, 0.15) is 98.0 Å². The lowest BCUT2D eigenvalue weighted by atomic mass is 9.92. The molecule has 2 atom stereocenters. The van der Waals surface area contributed by atoms with Crippen molar-refractivity contribution >= 4 is 5.91 Å². The van der Waals surface area contributed by atoms with E-state index in [4.69, 9.17) is 0 Å². The predicted molar refractivity (Wildman–Crippen MR) is 191 cm³/mol. The van der Waals surface area contributed by atoms with Crippen LogP contribution < -0.4 is 5.32 Å². The first kappa shape index (κ1) is 40.0. The molecule has 1 N–H and O–H groups in total. The molecule has 1 amide bonds. The third kappa shape index (κ3) is 17.3. The summed E-state index contributed by atoms with van der Waals surface area (Å²) >= 11 is 0. The fourth-order valence-electron chi connectivity index (χ4n) is 5.58. The maximum atomic E-state index is 15.6. The number of nitrogens with zero attached hydrogens (tertiary/aromatic N) is 3. The molecular weight excluding hydrogens is 559 g/mol. The monoisotopic (exact) mass is 620 g/mol. The van der Waals surface area contributed by atoms with E-state index in [1.54, 1.807) is 19.3 Å². The predicted octanol–water partition coefficient (Wildman–Crippen LogP) is 8.46. The van der Waals surface area contributed by atoms with Gasteiger partial charge >= 0.3 is 0 Å². The van der Waals surface area contributed by atoms with Gasteiger partial charge in [-0.05, 0) is 75.5 Å². The van der Waals surface area contributed by atoms with Crippen LogP contribution in [0.2, 0.25) is 0 Å². The zero-order chi connectivity index (χ0) is 33.2. The molecule has 0 saturated carbocycles. The van der Waals surface area contributed by atoms with E-state index in [1.165, 1.54) is 12.0 Å². The van der Waals surface area contributed by atoms with Gasteiger partial charge in [-0.2, -0.15) is 0 Å². The zero-order valence-electron chi connectivity index (χ0n) is 28.9. The lowest BCUT2D eigenvalue weighted by Crippen LogP contribution is -2.51. The topological polar surface area (TPSA) is 48.5 Å². The average molecular weight is 621 g/mol. The number of piperidine rings is 1. The molecule has 0 spiro atoms. The minimum absolute atomic E-state index is 0.243. The Morgan fingerprint density at radius 2 is 1.71 bits per heavy atom. The number of carbonyl (C=O) groups is 1. The fraction of sp³-hybridized carbons (Fsp3) is 0.590. The molecule has 250 valence electrons. The number of alkyl halides is 1. The normalized spacial score (nSPS) is 23.2. The maximum absolute atomic E-state index is 15.6. The molecule has 1 saturated heterocycles. The van der Waals surface area contributed by atoms with Crippen LogP contribution in [-0.4, -0.2) is 65.1 Å². The molecule has 6 heteroatoms. The summed E-state index contributed by atoms with van der Waals surface area (Å²) < 4.78 is 15.6. The average Bonchev–Trinajstić information content (AvgIpc) is 3.05. The minimum atomic E-state index is -1.77. The largest absolute Gasteiger partial charge is 0.353 e. The third-order valence-corrected chi connectivity index (χ3v) is 8.10. The Morgan fingerprint density at radius 1 is 1.07 bits per heavy atom. The van der Waals surface area contributed by atoms with Crippen LogP contribution in [0, 0.1) is 18.3 Å². The van der Waals surface area contributed by atoms with Crippen LogP contribution in [0.5, 0.6) is 0 Å². The van der Waals surface area contributed by atoms with Gasteiger partial charge in [-0.3, -0.25) is 19.6 Å². The van der Waals surface area contributed by atoms with Crippen molar-refractivity contribution in [3.05, 3.63) is 78.7 Å². The molecule has 2 aliphatic heterocycles. The maximum Gasteiger partial charge on any atom is 0.257 e. The van der Waals surface area contributed by atoms with E-state index in [2.05, 4.69) is 94.9 Å². The van der Waals surface area contributed by atoms with Crippen molar-refractivity contribution in [2.75, 3.05) is 32.7 Å². The van der Waals surface area contributed by atoms with Crippen LogP contribution in [0.3, 0.4) is 0 Å². The number of terminal acetylenes is 1. The molecule has 0 bridgehead atoms. The van der Waals surface area contributed by atoms with E-state index in [1.807, 2.05) is 26.0 Å². The number of likely N-dealkylation sites (tertiary alicyclic amines) is 1. The fourth-order valence-corrected chi connectivity index (χ4v) is 5.58. The number of hydrogen-bond acceptors (Lipinski definition) is 4. The van der Waals surface area contributed by atoms with E-state index < -0.39 is 11.6 Å². The number of aromatic nitrogens is 1. The summed E-state index contributed by atoms with van der Waals surface area (Å²) in [6.07, 6.45) is 33.9. The van der Waals surface area contributed by atoms with Crippen LogP contribution in [0.15, 0.2) is 73.1 Å². The molecular formula is C39H61FN4O. The SMILES string of the molecule is C#CC.CC.CCC(CCNC(=O)C1(F)CCN(Cc2ccncc2)CC1)N1CC/C=C\C/C=C\CCC/C=C\C=C/C(C)C1. The van der Waals surface area contributed by atoms with E-state index in [9.17, 15) is 4.79 Å². The van der Waals surface area contributed by atoms with Crippen molar-refractivity contribution in [1.29, 1.82) is 0 Å². The number of rotatable bonds is 8. The molecule has 2 aliphatic rings. The molecule has 0 radical (unpaired) electrons. The first-order valence-corrected chi connectivity index (χ1v) is 17.2. The Balaban J connectivity index is 0.00000191. The van der Waals surface area contributed by atoms with Gasteiger partial charge in [0.05, 0.1) is 0 Å². The van der Waals surface area contributed by atoms with Gasteiger partial charge in [0.1, 0.15) is 0 Å². The van der Waals surface area contributed by atoms with Crippen molar-refractivity contribution in [3.8, 4) is 12.3 Å². The highest BCUT2D eigenvalue weighted by Gasteiger charge is 2.41. The molecule has 3 heterocycles. The molecule has 3 rings (SSSR count). The van der Waals surface area contributed by atoms with Crippen molar-refractivity contribution in [2.24, 2.45) is 5.92 Å². The van der Waals surface area contributed by atoms with E-state index in [-0.39, 0.29) is 12.8 Å². The number of allylic oxidation sites excluding steroid dienone is 6. The molecule has 0 aromatic carbocycles. The number of amides is 1. The zero-order valence-corrected chi connectivity index (χ0v) is 28.9. The van der Waals surface area contributed by atoms with Gasteiger partial charge in [0, 0.05) is 70.5 Å². The number of nitrogens with one attached hydrogen (secondary N) is 1. The van der Waals surface area contributed by atoms with Gasteiger partial charge < -0.3 is 5.32 Å². The highest BCUT2D eigenvalue weighted by Crippen LogP contribution is 2.28. The van der Waals surface area contributed by atoms with Crippen molar-refractivity contribution in [1.82, 2.24) is 20.1 Å². The molecule has 0 aliphatic carbocycles. The lowest BCUT2D eigenvalue weighted by molar-refractivity contribution is -0.136. The van der Waals surface area contributed by atoms with Crippen LogP contribution in [0.4, 0.5) is 4.39 Å². The van der Waals surface area contributed by atoms with Gasteiger partial charge in [0.15, 0.2) is 5.67 Å². The smallest absolute Gasteiger partial charge is 0.257 e. The lowest BCUT2D eigenvalue weighted by Gasteiger charge is -2.36.